The smallest absolute Gasteiger partial charge is 0.123 e. The maximum atomic E-state index is 13.6. The fraction of sp³-hybridized carbons (Fsp3) is 0.647. The first kappa shape index (κ1) is 16.2. The van der Waals surface area contributed by atoms with E-state index < -0.39 is 0 Å². The molecule has 1 aromatic rings. The van der Waals surface area contributed by atoms with Gasteiger partial charge in [-0.15, -0.1) is 0 Å². The van der Waals surface area contributed by atoms with E-state index in [9.17, 15) is 4.39 Å². The SMILES string of the molecule is COC1CCCN(c2ccc(F)cc2CNC(C)(C)C)C1. The van der Waals surface area contributed by atoms with Crippen molar-refractivity contribution >= 4 is 5.69 Å². The number of halogens is 1. The summed E-state index contributed by atoms with van der Waals surface area (Å²) in [5.41, 5.74) is 2.15. The Morgan fingerprint density at radius 1 is 1.38 bits per heavy atom. The number of benzene rings is 1. The number of hydrogen-bond donors (Lipinski definition) is 1. The highest BCUT2D eigenvalue weighted by molar-refractivity contribution is 5.54. The zero-order valence-electron chi connectivity index (χ0n) is 13.6. The lowest BCUT2D eigenvalue weighted by Crippen LogP contribution is -2.40. The molecule has 1 atom stereocenters. The largest absolute Gasteiger partial charge is 0.380 e. The highest BCUT2D eigenvalue weighted by Crippen LogP contribution is 2.26. The molecule has 0 saturated carbocycles. The summed E-state index contributed by atoms with van der Waals surface area (Å²) in [5, 5.41) is 3.45. The Morgan fingerprint density at radius 2 is 2.14 bits per heavy atom. The van der Waals surface area contributed by atoms with Gasteiger partial charge >= 0.3 is 0 Å². The molecule has 0 aliphatic carbocycles. The molecule has 4 heteroatoms. The molecule has 0 bridgehead atoms. The Hall–Kier alpha value is -1.13. The van der Waals surface area contributed by atoms with Crippen molar-refractivity contribution in [3.05, 3.63) is 29.6 Å². The van der Waals surface area contributed by atoms with Gasteiger partial charge in [-0.05, 0) is 57.4 Å². The summed E-state index contributed by atoms with van der Waals surface area (Å²) in [6.07, 6.45) is 2.48. The predicted molar refractivity (Wildman–Crippen MR) is 85.2 cm³/mol. The van der Waals surface area contributed by atoms with Crippen LogP contribution in [0.15, 0.2) is 18.2 Å². The van der Waals surface area contributed by atoms with Crippen LogP contribution in [0.25, 0.3) is 0 Å². The fourth-order valence-electron chi connectivity index (χ4n) is 2.71. The molecule has 0 amide bonds. The van der Waals surface area contributed by atoms with Crippen molar-refractivity contribution in [2.45, 2.75) is 51.8 Å². The maximum Gasteiger partial charge on any atom is 0.123 e. The highest BCUT2D eigenvalue weighted by atomic mass is 19.1. The molecule has 3 nitrogen and oxygen atoms in total. The number of piperidine rings is 1. The number of rotatable bonds is 4. The van der Waals surface area contributed by atoms with E-state index in [4.69, 9.17) is 4.74 Å². The average molecular weight is 294 g/mol. The zero-order valence-corrected chi connectivity index (χ0v) is 13.6. The van der Waals surface area contributed by atoms with Crippen molar-refractivity contribution in [3.8, 4) is 0 Å². The summed E-state index contributed by atoms with van der Waals surface area (Å²) in [4.78, 5) is 2.32. The normalized spacial score (nSPS) is 19.9. The van der Waals surface area contributed by atoms with Crippen LogP contribution in [0.2, 0.25) is 0 Å². The summed E-state index contributed by atoms with van der Waals surface area (Å²) >= 11 is 0. The molecule has 1 saturated heterocycles. The van der Waals surface area contributed by atoms with E-state index in [0.29, 0.717) is 6.54 Å². The van der Waals surface area contributed by atoms with Crippen molar-refractivity contribution in [2.75, 3.05) is 25.1 Å². The van der Waals surface area contributed by atoms with Crippen LogP contribution in [0.1, 0.15) is 39.2 Å². The summed E-state index contributed by atoms with van der Waals surface area (Å²) < 4.78 is 19.1. The topological polar surface area (TPSA) is 24.5 Å². The van der Waals surface area contributed by atoms with Crippen LogP contribution in [0.4, 0.5) is 10.1 Å². The second kappa shape index (κ2) is 6.75. The fourth-order valence-corrected chi connectivity index (χ4v) is 2.71. The molecule has 1 unspecified atom stereocenters. The standard InChI is InChI=1S/C17H27FN2O/c1-17(2,3)19-11-13-10-14(18)7-8-16(13)20-9-5-6-15(12-20)21-4/h7-8,10,15,19H,5-6,9,11-12H2,1-4H3. The van der Waals surface area contributed by atoms with E-state index >= 15 is 0 Å². The van der Waals surface area contributed by atoms with Crippen molar-refractivity contribution in [1.29, 1.82) is 0 Å². The number of ether oxygens (including phenoxy) is 1. The highest BCUT2D eigenvalue weighted by Gasteiger charge is 2.22. The van der Waals surface area contributed by atoms with Gasteiger partial charge in [-0.2, -0.15) is 0 Å². The number of nitrogens with one attached hydrogen (secondary N) is 1. The van der Waals surface area contributed by atoms with E-state index in [1.807, 2.05) is 6.07 Å². The molecule has 2 rings (SSSR count). The summed E-state index contributed by atoms with van der Waals surface area (Å²) in [5.74, 6) is -0.176. The monoisotopic (exact) mass is 294 g/mol. The number of hydrogen-bond acceptors (Lipinski definition) is 3. The molecule has 1 aromatic carbocycles. The summed E-state index contributed by atoms with van der Waals surface area (Å²) in [7, 11) is 1.76. The van der Waals surface area contributed by atoms with Crippen LogP contribution in [0.5, 0.6) is 0 Å². The third kappa shape index (κ3) is 4.68. The lowest BCUT2D eigenvalue weighted by Gasteiger charge is -2.35. The maximum absolute atomic E-state index is 13.6. The van der Waals surface area contributed by atoms with Crippen molar-refractivity contribution in [1.82, 2.24) is 5.32 Å². The molecule has 1 fully saturated rings. The van der Waals surface area contributed by atoms with Gasteiger partial charge in [-0.1, -0.05) is 0 Å². The number of methoxy groups -OCH3 is 1. The molecule has 0 radical (unpaired) electrons. The Labute approximate surface area is 127 Å². The molecule has 1 heterocycles. The van der Waals surface area contributed by atoms with Crippen LogP contribution in [-0.2, 0) is 11.3 Å². The van der Waals surface area contributed by atoms with Gasteiger partial charge in [0.25, 0.3) is 0 Å². The predicted octanol–water partition coefficient (Wildman–Crippen LogP) is 3.33. The minimum atomic E-state index is -0.176. The second-order valence-corrected chi connectivity index (χ2v) is 6.82. The van der Waals surface area contributed by atoms with Gasteiger partial charge in [0, 0.05) is 38.0 Å². The van der Waals surface area contributed by atoms with Crippen molar-refractivity contribution in [3.63, 3.8) is 0 Å². The lowest BCUT2D eigenvalue weighted by atomic mass is 10.0. The molecular weight excluding hydrogens is 267 g/mol. The van der Waals surface area contributed by atoms with Crippen LogP contribution in [0.3, 0.4) is 0 Å². The number of nitrogens with zero attached hydrogens (tertiary/aromatic N) is 1. The molecule has 0 spiro atoms. The molecule has 118 valence electrons. The van der Waals surface area contributed by atoms with Gasteiger partial charge in [-0.3, -0.25) is 0 Å². The van der Waals surface area contributed by atoms with Crippen LogP contribution < -0.4 is 10.2 Å². The Morgan fingerprint density at radius 3 is 2.81 bits per heavy atom. The van der Waals surface area contributed by atoms with Crippen LogP contribution in [-0.4, -0.2) is 31.8 Å². The van der Waals surface area contributed by atoms with Crippen LogP contribution >= 0.6 is 0 Å². The van der Waals surface area contributed by atoms with E-state index in [1.165, 1.54) is 0 Å². The van der Waals surface area contributed by atoms with Gasteiger partial charge in [0.2, 0.25) is 0 Å². The van der Waals surface area contributed by atoms with Gasteiger partial charge in [0.1, 0.15) is 5.82 Å². The zero-order chi connectivity index (χ0) is 15.5. The molecule has 1 aliphatic rings. The quantitative estimate of drug-likeness (QED) is 0.922. The Bertz CT molecular complexity index is 470. The van der Waals surface area contributed by atoms with Crippen molar-refractivity contribution in [2.24, 2.45) is 0 Å². The molecule has 0 aromatic heterocycles. The first-order valence-corrected chi connectivity index (χ1v) is 7.70. The lowest BCUT2D eigenvalue weighted by molar-refractivity contribution is 0.0893. The van der Waals surface area contributed by atoms with E-state index in [0.717, 1.165) is 37.2 Å². The van der Waals surface area contributed by atoms with E-state index in [1.54, 1.807) is 19.2 Å². The Balaban J connectivity index is 2.17. The molecule has 1 N–H and O–H groups in total. The summed E-state index contributed by atoms with van der Waals surface area (Å²) in [6, 6.07) is 5.09. The first-order chi connectivity index (χ1) is 9.89. The molecule has 1 aliphatic heterocycles. The van der Waals surface area contributed by atoms with Gasteiger partial charge in [-0.25, -0.2) is 4.39 Å². The van der Waals surface area contributed by atoms with Gasteiger partial charge in [0.05, 0.1) is 6.10 Å². The number of anilines is 1. The minimum Gasteiger partial charge on any atom is -0.380 e. The second-order valence-electron chi connectivity index (χ2n) is 6.82. The van der Waals surface area contributed by atoms with Crippen LogP contribution in [0, 0.1) is 5.82 Å². The third-order valence-corrected chi connectivity index (χ3v) is 3.90. The van der Waals surface area contributed by atoms with Gasteiger partial charge < -0.3 is 15.0 Å². The van der Waals surface area contributed by atoms with E-state index in [2.05, 4.69) is 31.0 Å². The summed E-state index contributed by atoms with van der Waals surface area (Å²) in [6.45, 7) is 8.92. The minimum absolute atomic E-state index is 0.0144. The van der Waals surface area contributed by atoms with Gasteiger partial charge in [0.15, 0.2) is 0 Å². The molecular formula is C17H27FN2O. The average Bonchev–Trinajstić information content (AvgIpc) is 2.44. The van der Waals surface area contributed by atoms with Crippen molar-refractivity contribution < 1.29 is 9.13 Å². The third-order valence-electron chi connectivity index (χ3n) is 3.90. The Kier molecular flexibility index (Phi) is 5.22. The molecule has 21 heavy (non-hydrogen) atoms. The van der Waals surface area contributed by atoms with E-state index in [-0.39, 0.29) is 17.5 Å². The first-order valence-electron chi connectivity index (χ1n) is 7.70.